The van der Waals surface area contributed by atoms with E-state index in [1.165, 1.54) is 18.2 Å². The zero-order chi connectivity index (χ0) is 21.0. The molecule has 1 atom stereocenters. The van der Waals surface area contributed by atoms with Gasteiger partial charge in [0.15, 0.2) is 0 Å². The minimum absolute atomic E-state index is 0.0807. The van der Waals surface area contributed by atoms with Crippen LogP contribution in [0.15, 0.2) is 47.4 Å². The molecule has 8 heteroatoms. The Hall–Kier alpha value is -1.93. The number of hydrogen-bond donors (Lipinski definition) is 3. The fourth-order valence-corrected chi connectivity index (χ4v) is 5.17. The van der Waals surface area contributed by atoms with Crippen LogP contribution in [0.4, 0.5) is 5.69 Å². The Bertz CT molecular complexity index is 988. The predicted octanol–water partition coefficient (Wildman–Crippen LogP) is 3.57. The fraction of sp³-hybridized carbons (Fsp3) is 0.381. The lowest BCUT2D eigenvalue weighted by Gasteiger charge is -2.28. The molecule has 3 rings (SSSR count). The molecule has 0 saturated carbocycles. The van der Waals surface area contributed by atoms with Gasteiger partial charge >= 0.3 is 0 Å². The van der Waals surface area contributed by atoms with Gasteiger partial charge < -0.3 is 10.6 Å². The van der Waals surface area contributed by atoms with Crippen molar-refractivity contribution in [3.8, 4) is 0 Å². The van der Waals surface area contributed by atoms with E-state index in [-0.39, 0.29) is 21.9 Å². The SMILES string of the molecule is Cc1ccccc1C(=O)Nc1ccc(S(=O)(=O)NC(C)C2CCNCC2)cc1Cl. The molecular weight excluding hydrogens is 410 g/mol. The van der Waals surface area contributed by atoms with E-state index in [1.807, 2.05) is 26.0 Å². The summed E-state index contributed by atoms with van der Waals surface area (Å²) in [7, 11) is -3.70. The van der Waals surface area contributed by atoms with Crippen LogP contribution >= 0.6 is 11.6 Å². The van der Waals surface area contributed by atoms with Crippen molar-refractivity contribution in [2.24, 2.45) is 5.92 Å². The van der Waals surface area contributed by atoms with Gasteiger partial charge in [-0.25, -0.2) is 13.1 Å². The summed E-state index contributed by atoms with van der Waals surface area (Å²) in [5.41, 5.74) is 1.75. The fourth-order valence-electron chi connectivity index (χ4n) is 3.53. The van der Waals surface area contributed by atoms with Gasteiger partial charge in [0.1, 0.15) is 0 Å². The highest BCUT2D eigenvalue weighted by Crippen LogP contribution is 2.27. The minimum atomic E-state index is -3.70. The highest BCUT2D eigenvalue weighted by Gasteiger charge is 2.25. The van der Waals surface area contributed by atoms with Gasteiger partial charge in [-0.15, -0.1) is 0 Å². The zero-order valence-electron chi connectivity index (χ0n) is 16.5. The topological polar surface area (TPSA) is 87.3 Å². The van der Waals surface area contributed by atoms with Crippen molar-refractivity contribution < 1.29 is 13.2 Å². The molecule has 29 heavy (non-hydrogen) atoms. The van der Waals surface area contributed by atoms with Gasteiger partial charge in [0, 0.05) is 11.6 Å². The first-order valence-electron chi connectivity index (χ1n) is 9.67. The number of anilines is 1. The van der Waals surface area contributed by atoms with Crippen LogP contribution in [-0.4, -0.2) is 33.5 Å². The summed E-state index contributed by atoms with van der Waals surface area (Å²) in [6.45, 7) is 5.54. The van der Waals surface area contributed by atoms with Crippen LogP contribution in [0.3, 0.4) is 0 Å². The molecule has 1 saturated heterocycles. The van der Waals surface area contributed by atoms with Crippen LogP contribution in [0.2, 0.25) is 5.02 Å². The van der Waals surface area contributed by atoms with Crippen molar-refractivity contribution in [1.82, 2.24) is 10.0 Å². The number of nitrogens with one attached hydrogen (secondary N) is 3. The van der Waals surface area contributed by atoms with Gasteiger partial charge in [-0.3, -0.25) is 4.79 Å². The number of carbonyl (C=O) groups is 1. The molecule has 2 aromatic carbocycles. The van der Waals surface area contributed by atoms with E-state index in [0.717, 1.165) is 31.5 Å². The van der Waals surface area contributed by atoms with Gasteiger partial charge in [0.25, 0.3) is 5.91 Å². The third-order valence-electron chi connectivity index (χ3n) is 5.32. The second kappa shape index (κ2) is 9.26. The monoisotopic (exact) mass is 435 g/mol. The Morgan fingerprint density at radius 3 is 2.52 bits per heavy atom. The molecular formula is C21H26ClN3O3S. The van der Waals surface area contributed by atoms with Gasteiger partial charge in [-0.05, 0) is 75.5 Å². The zero-order valence-corrected chi connectivity index (χ0v) is 18.1. The Morgan fingerprint density at radius 2 is 1.86 bits per heavy atom. The molecule has 1 aliphatic heterocycles. The molecule has 6 nitrogen and oxygen atoms in total. The number of sulfonamides is 1. The molecule has 0 radical (unpaired) electrons. The van der Waals surface area contributed by atoms with Gasteiger partial charge in [0.2, 0.25) is 10.0 Å². The number of rotatable bonds is 6. The van der Waals surface area contributed by atoms with Gasteiger partial charge in [-0.1, -0.05) is 29.8 Å². The minimum Gasteiger partial charge on any atom is -0.321 e. The predicted molar refractivity (Wildman–Crippen MR) is 116 cm³/mol. The summed E-state index contributed by atoms with van der Waals surface area (Å²) in [5, 5.41) is 6.20. The average Bonchev–Trinajstić information content (AvgIpc) is 2.70. The molecule has 1 aliphatic rings. The van der Waals surface area contributed by atoms with E-state index in [2.05, 4.69) is 15.4 Å². The van der Waals surface area contributed by atoms with Crippen LogP contribution in [0, 0.1) is 12.8 Å². The molecule has 156 valence electrons. The lowest BCUT2D eigenvalue weighted by Crippen LogP contribution is -2.42. The van der Waals surface area contributed by atoms with Crippen LogP contribution in [-0.2, 0) is 10.0 Å². The van der Waals surface area contributed by atoms with Crippen molar-refractivity contribution in [2.45, 2.75) is 37.6 Å². The molecule has 1 heterocycles. The second-order valence-electron chi connectivity index (χ2n) is 7.41. The van der Waals surface area contributed by atoms with Crippen molar-refractivity contribution in [2.75, 3.05) is 18.4 Å². The molecule has 3 N–H and O–H groups in total. The molecule has 0 aromatic heterocycles. The highest BCUT2D eigenvalue weighted by molar-refractivity contribution is 7.89. The lowest BCUT2D eigenvalue weighted by molar-refractivity contribution is 0.102. The third kappa shape index (κ3) is 5.36. The molecule has 2 aromatic rings. The largest absolute Gasteiger partial charge is 0.321 e. The first-order chi connectivity index (χ1) is 13.8. The summed E-state index contributed by atoms with van der Waals surface area (Å²) in [5.74, 6) is 0.00688. The van der Waals surface area contributed by atoms with Crippen LogP contribution in [0.1, 0.15) is 35.7 Å². The molecule has 1 unspecified atom stereocenters. The average molecular weight is 436 g/mol. The van der Waals surface area contributed by atoms with Crippen LogP contribution in [0.25, 0.3) is 0 Å². The quantitative estimate of drug-likeness (QED) is 0.647. The number of hydrogen-bond acceptors (Lipinski definition) is 4. The van der Waals surface area contributed by atoms with E-state index in [1.54, 1.807) is 12.1 Å². The lowest BCUT2D eigenvalue weighted by atomic mass is 9.92. The normalized spacial score (nSPS) is 16.4. The standard InChI is InChI=1S/C21H26ClN3O3S/c1-14-5-3-4-6-18(14)21(26)24-20-8-7-17(13-19(20)22)29(27,28)25-15(2)16-9-11-23-12-10-16/h3-8,13,15-16,23,25H,9-12H2,1-2H3,(H,24,26). The number of piperidine rings is 1. The number of amides is 1. The number of aryl methyl sites for hydroxylation is 1. The smallest absolute Gasteiger partial charge is 0.255 e. The van der Waals surface area contributed by atoms with E-state index >= 15 is 0 Å². The van der Waals surface area contributed by atoms with Crippen molar-refractivity contribution in [3.05, 3.63) is 58.6 Å². The molecule has 0 spiro atoms. The summed E-state index contributed by atoms with van der Waals surface area (Å²) >= 11 is 6.28. The number of benzene rings is 2. The summed E-state index contributed by atoms with van der Waals surface area (Å²) in [6, 6.07) is 11.4. The first-order valence-corrected chi connectivity index (χ1v) is 11.5. The third-order valence-corrected chi connectivity index (χ3v) is 7.19. The summed E-state index contributed by atoms with van der Waals surface area (Å²) < 4.78 is 28.3. The summed E-state index contributed by atoms with van der Waals surface area (Å²) in [6.07, 6.45) is 1.88. The van der Waals surface area contributed by atoms with Crippen LogP contribution in [0.5, 0.6) is 0 Å². The van der Waals surface area contributed by atoms with E-state index in [0.29, 0.717) is 17.2 Å². The van der Waals surface area contributed by atoms with Crippen molar-refractivity contribution in [1.29, 1.82) is 0 Å². The van der Waals surface area contributed by atoms with Gasteiger partial charge in [-0.2, -0.15) is 0 Å². The first kappa shape index (κ1) is 21.8. The van der Waals surface area contributed by atoms with Crippen molar-refractivity contribution in [3.63, 3.8) is 0 Å². The maximum Gasteiger partial charge on any atom is 0.255 e. The Balaban J connectivity index is 1.72. The molecule has 0 aliphatic carbocycles. The number of halogens is 1. The summed E-state index contributed by atoms with van der Waals surface area (Å²) in [4.78, 5) is 12.6. The maximum atomic E-state index is 12.8. The Labute approximate surface area is 177 Å². The van der Waals surface area contributed by atoms with Gasteiger partial charge in [0.05, 0.1) is 15.6 Å². The highest BCUT2D eigenvalue weighted by atomic mass is 35.5. The second-order valence-corrected chi connectivity index (χ2v) is 9.53. The maximum absolute atomic E-state index is 12.8. The number of carbonyl (C=O) groups excluding carboxylic acids is 1. The van der Waals surface area contributed by atoms with E-state index in [4.69, 9.17) is 11.6 Å². The van der Waals surface area contributed by atoms with Crippen molar-refractivity contribution >= 4 is 33.2 Å². The molecule has 1 fully saturated rings. The van der Waals surface area contributed by atoms with Crippen LogP contribution < -0.4 is 15.4 Å². The van der Waals surface area contributed by atoms with E-state index < -0.39 is 10.0 Å². The molecule has 0 bridgehead atoms. The Morgan fingerprint density at radius 1 is 1.17 bits per heavy atom. The molecule has 1 amide bonds. The van der Waals surface area contributed by atoms with E-state index in [9.17, 15) is 13.2 Å². The Kier molecular flexibility index (Phi) is 6.95.